The fraction of sp³-hybridized carbons (Fsp3) is 0.385. The Balaban J connectivity index is 1.67. The molecule has 0 aliphatic carbocycles. The average Bonchev–Trinajstić information content (AvgIpc) is 2.93. The summed E-state index contributed by atoms with van der Waals surface area (Å²) >= 11 is 0. The van der Waals surface area contributed by atoms with E-state index in [2.05, 4.69) is 96.1 Å². The van der Waals surface area contributed by atoms with Gasteiger partial charge in [0.05, 0.1) is 18.3 Å². The number of ether oxygens (including phenoxy) is 1. The zero-order valence-corrected chi connectivity index (χ0v) is 19.1. The second-order valence-electron chi connectivity index (χ2n) is 9.52. The Kier molecular flexibility index (Phi) is 5.20. The highest BCUT2D eigenvalue weighted by Crippen LogP contribution is 2.37. The highest BCUT2D eigenvalue weighted by atomic mass is 16.7. The van der Waals surface area contributed by atoms with Gasteiger partial charge in [0.1, 0.15) is 5.75 Å². The van der Waals surface area contributed by atoms with E-state index >= 15 is 0 Å². The molecule has 4 heteroatoms. The highest BCUT2D eigenvalue weighted by molar-refractivity contribution is 6.62. The van der Waals surface area contributed by atoms with Crippen molar-refractivity contribution in [1.82, 2.24) is 0 Å². The van der Waals surface area contributed by atoms with E-state index in [1.807, 2.05) is 0 Å². The van der Waals surface area contributed by atoms with Gasteiger partial charge in [-0.3, -0.25) is 0 Å². The Morgan fingerprint density at radius 1 is 0.767 bits per heavy atom. The minimum absolute atomic E-state index is 0.334. The summed E-state index contributed by atoms with van der Waals surface area (Å²) in [5.41, 5.74) is 4.02. The van der Waals surface area contributed by atoms with Crippen LogP contribution in [0.4, 0.5) is 0 Å². The molecule has 1 fully saturated rings. The van der Waals surface area contributed by atoms with Crippen LogP contribution in [-0.4, -0.2) is 25.4 Å². The first-order valence-corrected chi connectivity index (χ1v) is 10.7. The van der Waals surface area contributed by atoms with Gasteiger partial charge >= 0.3 is 7.12 Å². The normalized spacial score (nSPS) is 17.7. The van der Waals surface area contributed by atoms with E-state index in [-0.39, 0.29) is 18.3 Å². The molecular weight excluding hydrogens is 371 g/mol. The molecule has 1 aliphatic heterocycles. The van der Waals surface area contributed by atoms with E-state index < -0.39 is 0 Å². The molecule has 1 aliphatic rings. The van der Waals surface area contributed by atoms with Gasteiger partial charge in [-0.05, 0) is 84.7 Å². The molecule has 1 heterocycles. The molecule has 3 nitrogen and oxygen atoms in total. The van der Waals surface area contributed by atoms with Crippen LogP contribution in [-0.2, 0) is 9.31 Å². The van der Waals surface area contributed by atoms with E-state index in [9.17, 15) is 0 Å². The Morgan fingerprint density at radius 3 is 1.97 bits per heavy atom. The summed E-state index contributed by atoms with van der Waals surface area (Å²) in [6.07, 6.45) is 0. The lowest BCUT2D eigenvalue weighted by Crippen LogP contribution is -2.41. The number of hydrogen-bond donors (Lipinski definition) is 0. The van der Waals surface area contributed by atoms with Crippen LogP contribution in [0.1, 0.15) is 53.0 Å². The minimum Gasteiger partial charge on any atom is -0.496 e. The topological polar surface area (TPSA) is 27.7 Å². The molecule has 30 heavy (non-hydrogen) atoms. The Labute approximate surface area is 180 Å². The molecule has 0 bridgehead atoms. The molecule has 156 valence electrons. The maximum absolute atomic E-state index is 6.22. The van der Waals surface area contributed by atoms with Crippen LogP contribution in [0.3, 0.4) is 0 Å². The predicted octanol–water partition coefficient (Wildman–Crippen LogP) is 5.94. The minimum atomic E-state index is -0.339. The van der Waals surface area contributed by atoms with Gasteiger partial charge in [-0.1, -0.05) is 50.2 Å². The molecule has 3 aromatic rings. The summed E-state index contributed by atoms with van der Waals surface area (Å²) < 4.78 is 18.0. The van der Waals surface area contributed by atoms with Gasteiger partial charge in [0, 0.05) is 0 Å². The van der Waals surface area contributed by atoms with Crippen molar-refractivity contribution < 1.29 is 14.0 Å². The van der Waals surface area contributed by atoms with Crippen LogP contribution in [0, 0.1) is 0 Å². The van der Waals surface area contributed by atoms with Gasteiger partial charge in [0.2, 0.25) is 0 Å². The largest absolute Gasteiger partial charge is 0.496 e. The van der Waals surface area contributed by atoms with Gasteiger partial charge < -0.3 is 14.0 Å². The van der Waals surface area contributed by atoms with Crippen LogP contribution in [0.2, 0.25) is 0 Å². The summed E-state index contributed by atoms with van der Waals surface area (Å²) in [5, 5.41) is 2.39. The summed E-state index contributed by atoms with van der Waals surface area (Å²) in [6, 6.07) is 19.5. The second kappa shape index (κ2) is 7.44. The summed E-state index contributed by atoms with van der Waals surface area (Å²) in [4.78, 5) is 0. The number of fused-ring (bicyclic) bond motifs is 1. The van der Waals surface area contributed by atoms with E-state index in [4.69, 9.17) is 14.0 Å². The molecule has 0 saturated carbocycles. The molecule has 1 saturated heterocycles. The van der Waals surface area contributed by atoms with Crippen LogP contribution in [0.15, 0.2) is 54.6 Å². The maximum atomic E-state index is 6.22. The first kappa shape index (κ1) is 21.0. The smallest absolute Gasteiger partial charge is 0.494 e. The summed E-state index contributed by atoms with van der Waals surface area (Å²) in [6.45, 7) is 12.7. The molecule has 0 unspecified atom stereocenters. The molecule has 0 N–H and O–H groups in total. The molecule has 0 atom stereocenters. The molecule has 0 radical (unpaired) electrons. The molecular formula is C26H31BO3. The van der Waals surface area contributed by atoms with Gasteiger partial charge in [0.15, 0.2) is 0 Å². The Hall–Kier alpha value is -2.30. The number of methoxy groups -OCH3 is 1. The van der Waals surface area contributed by atoms with Crippen molar-refractivity contribution in [1.29, 1.82) is 0 Å². The number of rotatable bonds is 4. The third-order valence-electron chi connectivity index (χ3n) is 6.57. The molecule has 0 spiro atoms. The average molecular weight is 402 g/mol. The maximum Gasteiger partial charge on any atom is 0.494 e. The van der Waals surface area contributed by atoms with Crippen LogP contribution < -0.4 is 10.2 Å². The molecule has 0 aromatic heterocycles. The Bertz CT molecular complexity index is 1070. The third kappa shape index (κ3) is 3.63. The quantitative estimate of drug-likeness (QED) is 0.506. The monoisotopic (exact) mass is 402 g/mol. The zero-order valence-electron chi connectivity index (χ0n) is 19.1. The predicted molar refractivity (Wildman–Crippen MR) is 126 cm³/mol. The van der Waals surface area contributed by atoms with Crippen molar-refractivity contribution in [2.24, 2.45) is 0 Å². The SMILES string of the molecule is COc1ccc(-c2ccc3cc(B4OC(C)(C)C(C)(C)O4)ccc3c2)cc1C(C)C. The van der Waals surface area contributed by atoms with Crippen molar-refractivity contribution in [3.63, 3.8) is 0 Å². The summed E-state index contributed by atoms with van der Waals surface area (Å²) in [7, 11) is 1.39. The highest BCUT2D eigenvalue weighted by Gasteiger charge is 2.51. The van der Waals surface area contributed by atoms with E-state index in [0.717, 1.165) is 11.2 Å². The third-order valence-corrected chi connectivity index (χ3v) is 6.57. The van der Waals surface area contributed by atoms with Crippen molar-refractivity contribution in [2.75, 3.05) is 7.11 Å². The zero-order chi connectivity index (χ0) is 21.7. The van der Waals surface area contributed by atoms with E-state index in [0.29, 0.717) is 5.92 Å². The molecule has 0 amide bonds. The van der Waals surface area contributed by atoms with Gasteiger partial charge in [-0.15, -0.1) is 0 Å². The number of benzene rings is 3. The van der Waals surface area contributed by atoms with Crippen LogP contribution >= 0.6 is 0 Å². The van der Waals surface area contributed by atoms with Gasteiger partial charge in [-0.25, -0.2) is 0 Å². The van der Waals surface area contributed by atoms with E-state index in [1.165, 1.54) is 27.5 Å². The molecule has 4 rings (SSSR count). The lowest BCUT2D eigenvalue weighted by Gasteiger charge is -2.32. The van der Waals surface area contributed by atoms with Crippen LogP contribution in [0.5, 0.6) is 5.75 Å². The Morgan fingerprint density at radius 2 is 1.33 bits per heavy atom. The first-order valence-electron chi connectivity index (χ1n) is 10.7. The fourth-order valence-electron chi connectivity index (χ4n) is 3.93. The van der Waals surface area contributed by atoms with Gasteiger partial charge in [0.25, 0.3) is 0 Å². The number of hydrogen-bond acceptors (Lipinski definition) is 3. The van der Waals surface area contributed by atoms with Crippen molar-refractivity contribution >= 4 is 23.4 Å². The van der Waals surface area contributed by atoms with Crippen LogP contribution in [0.25, 0.3) is 21.9 Å². The lowest BCUT2D eigenvalue weighted by atomic mass is 9.78. The van der Waals surface area contributed by atoms with Gasteiger partial charge in [-0.2, -0.15) is 0 Å². The fourth-order valence-corrected chi connectivity index (χ4v) is 3.93. The van der Waals surface area contributed by atoms with Crippen molar-refractivity contribution in [2.45, 2.75) is 58.7 Å². The molecule has 3 aromatic carbocycles. The second-order valence-corrected chi connectivity index (χ2v) is 9.52. The lowest BCUT2D eigenvalue weighted by molar-refractivity contribution is 0.00578. The van der Waals surface area contributed by atoms with Crippen molar-refractivity contribution in [3.05, 3.63) is 60.2 Å². The van der Waals surface area contributed by atoms with E-state index in [1.54, 1.807) is 7.11 Å². The van der Waals surface area contributed by atoms with Crippen molar-refractivity contribution in [3.8, 4) is 16.9 Å². The first-order chi connectivity index (χ1) is 14.1. The summed E-state index contributed by atoms with van der Waals surface area (Å²) in [5.74, 6) is 1.35. The standard InChI is InChI=1S/C26H31BO3/c1-17(2)23-16-21(11-13-24(23)28-7)18-8-9-20-15-22(12-10-19(20)14-18)27-29-25(3,4)26(5,6)30-27/h8-17H,1-7H3.